The molecule has 3 nitrogen and oxygen atoms in total. The minimum absolute atomic E-state index is 0.0499. The van der Waals surface area contributed by atoms with Crippen LogP contribution in [0.2, 0.25) is 5.02 Å². The van der Waals surface area contributed by atoms with Gasteiger partial charge in [0.2, 0.25) is 0 Å². The van der Waals surface area contributed by atoms with Crippen LogP contribution in [0.1, 0.15) is 25.5 Å². The third-order valence-corrected chi connectivity index (χ3v) is 3.31. The molecule has 0 bridgehead atoms. The van der Waals surface area contributed by atoms with Gasteiger partial charge in [0.15, 0.2) is 0 Å². The SMILES string of the molecule is CC(NCC(C)(CO)CO)c1ccccc1Cl. The Bertz CT molecular complexity index is 353. The van der Waals surface area contributed by atoms with E-state index in [1.807, 2.05) is 38.1 Å². The first kappa shape index (κ1) is 14.5. The molecular formula is C13H20ClNO2. The molecule has 1 atom stereocenters. The van der Waals surface area contributed by atoms with Crippen molar-refractivity contribution in [1.29, 1.82) is 0 Å². The molecule has 0 aliphatic carbocycles. The second-order valence-electron chi connectivity index (χ2n) is 4.75. The Morgan fingerprint density at radius 3 is 2.41 bits per heavy atom. The van der Waals surface area contributed by atoms with Gasteiger partial charge in [-0.3, -0.25) is 0 Å². The summed E-state index contributed by atoms with van der Waals surface area (Å²) in [5.74, 6) is 0. The molecule has 3 N–H and O–H groups in total. The largest absolute Gasteiger partial charge is 0.396 e. The van der Waals surface area contributed by atoms with Gasteiger partial charge in [0.1, 0.15) is 0 Å². The zero-order valence-corrected chi connectivity index (χ0v) is 11.0. The normalized spacial score (nSPS) is 13.7. The molecule has 0 aliphatic rings. The van der Waals surface area contributed by atoms with Crippen LogP contribution in [0.4, 0.5) is 0 Å². The van der Waals surface area contributed by atoms with Crippen LogP contribution >= 0.6 is 11.6 Å². The van der Waals surface area contributed by atoms with Crippen molar-refractivity contribution in [2.24, 2.45) is 5.41 Å². The summed E-state index contributed by atoms with van der Waals surface area (Å²) >= 11 is 6.10. The van der Waals surface area contributed by atoms with Crippen LogP contribution in [0.5, 0.6) is 0 Å². The third-order valence-electron chi connectivity index (χ3n) is 2.97. The Labute approximate surface area is 107 Å². The van der Waals surface area contributed by atoms with Crippen molar-refractivity contribution in [2.45, 2.75) is 19.9 Å². The molecular weight excluding hydrogens is 238 g/mol. The van der Waals surface area contributed by atoms with E-state index in [0.29, 0.717) is 6.54 Å². The Kier molecular flexibility index (Phi) is 5.40. The summed E-state index contributed by atoms with van der Waals surface area (Å²) in [7, 11) is 0. The van der Waals surface area contributed by atoms with Gasteiger partial charge < -0.3 is 15.5 Å². The summed E-state index contributed by atoms with van der Waals surface area (Å²) in [6.45, 7) is 4.28. The van der Waals surface area contributed by atoms with Gasteiger partial charge in [0.25, 0.3) is 0 Å². The van der Waals surface area contributed by atoms with E-state index in [-0.39, 0.29) is 19.3 Å². The second kappa shape index (κ2) is 6.36. The lowest BCUT2D eigenvalue weighted by Crippen LogP contribution is -2.38. The van der Waals surface area contributed by atoms with Crippen LogP contribution in [0.3, 0.4) is 0 Å². The molecule has 4 heteroatoms. The number of aliphatic hydroxyl groups is 2. The number of benzene rings is 1. The van der Waals surface area contributed by atoms with Gasteiger partial charge in [0.05, 0.1) is 13.2 Å². The van der Waals surface area contributed by atoms with Crippen molar-refractivity contribution in [3.8, 4) is 0 Å². The molecule has 1 aromatic rings. The summed E-state index contributed by atoms with van der Waals surface area (Å²) in [6, 6.07) is 7.74. The fraction of sp³-hybridized carbons (Fsp3) is 0.538. The molecule has 96 valence electrons. The summed E-state index contributed by atoms with van der Waals surface area (Å²) in [5.41, 5.74) is 0.516. The smallest absolute Gasteiger partial charge is 0.0519 e. The molecule has 17 heavy (non-hydrogen) atoms. The summed E-state index contributed by atoms with van der Waals surface area (Å²) in [4.78, 5) is 0. The maximum atomic E-state index is 9.20. The molecule has 1 aromatic carbocycles. The van der Waals surface area contributed by atoms with E-state index < -0.39 is 5.41 Å². The van der Waals surface area contributed by atoms with Crippen LogP contribution in [-0.2, 0) is 0 Å². The third kappa shape index (κ3) is 3.96. The Morgan fingerprint density at radius 2 is 1.88 bits per heavy atom. The van der Waals surface area contributed by atoms with Gasteiger partial charge >= 0.3 is 0 Å². The number of halogens is 1. The highest BCUT2D eigenvalue weighted by Gasteiger charge is 2.23. The Hall–Kier alpha value is -0.610. The van der Waals surface area contributed by atoms with Crippen LogP contribution < -0.4 is 5.32 Å². The number of aliphatic hydroxyl groups excluding tert-OH is 2. The van der Waals surface area contributed by atoms with E-state index in [9.17, 15) is 10.2 Å². The number of hydrogen-bond donors (Lipinski definition) is 3. The van der Waals surface area contributed by atoms with Gasteiger partial charge in [-0.1, -0.05) is 36.7 Å². The Balaban J connectivity index is 2.62. The van der Waals surface area contributed by atoms with Crippen molar-refractivity contribution in [2.75, 3.05) is 19.8 Å². The molecule has 0 spiro atoms. The molecule has 0 aliphatic heterocycles. The minimum Gasteiger partial charge on any atom is -0.396 e. The molecule has 0 saturated carbocycles. The standard InChI is InChI=1S/C13H20ClNO2/c1-10(11-5-3-4-6-12(11)14)15-7-13(2,8-16)9-17/h3-6,10,15-17H,7-9H2,1-2H3. The maximum Gasteiger partial charge on any atom is 0.0519 e. The first-order valence-corrected chi connectivity index (χ1v) is 6.10. The monoisotopic (exact) mass is 257 g/mol. The van der Waals surface area contributed by atoms with E-state index in [1.165, 1.54) is 0 Å². The van der Waals surface area contributed by atoms with E-state index in [1.54, 1.807) is 0 Å². The summed E-state index contributed by atoms with van der Waals surface area (Å²) in [6.07, 6.45) is 0. The number of hydrogen-bond acceptors (Lipinski definition) is 3. The van der Waals surface area contributed by atoms with Gasteiger partial charge in [-0.2, -0.15) is 0 Å². The molecule has 0 radical (unpaired) electrons. The maximum absolute atomic E-state index is 9.20. The van der Waals surface area contributed by atoms with Gasteiger partial charge in [-0.25, -0.2) is 0 Å². The first-order chi connectivity index (χ1) is 8.02. The highest BCUT2D eigenvalue weighted by atomic mass is 35.5. The van der Waals surface area contributed by atoms with Crippen molar-refractivity contribution >= 4 is 11.6 Å². The fourth-order valence-electron chi connectivity index (χ4n) is 1.50. The number of nitrogens with one attached hydrogen (secondary N) is 1. The molecule has 1 rings (SSSR count). The lowest BCUT2D eigenvalue weighted by atomic mass is 9.92. The van der Waals surface area contributed by atoms with Crippen LogP contribution in [0, 0.1) is 5.41 Å². The van der Waals surface area contributed by atoms with Crippen LogP contribution in [-0.4, -0.2) is 30.0 Å². The summed E-state index contributed by atoms with van der Waals surface area (Å²) in [5, 5.41) is 22.4. The topological polar surface area (TPSA) is 52.5 Å². The Morgan fingerprint density at radius 1 is 1.29 bits per heavy atom. The lowest BCUT2D eigenvalue weighted by Gasteiger charge is -2.27. The summed E-state index contributed by atoms with van der Waals surface area (Å²) < 4.78 is 0. The zero-order chi connectivity index (χ0) is 12.9. The molecule has 0 heterocycles. The van der Waals surface area contributed by atoms with Crippen LogP contribution in [0.25, 0.3) is 0 Å². The van der Waals surface area contributed by atoms with E-state index >= 15 is 0 Å². The molecule has 0 saturated heterocycles. The van der Waals surface area contributed by atoms with E-state index in [0.717, 1.165) is 10.6 Å². The zero-order valence-electron chi connectivity index (χ0n) is 10.3. The fourth-order valence-corrected chi connectivity index (χ4v) is 1.80. The molecule has 0 amide bonds. The first-order valence-electron chi connectivity index (χ1n) is 5.72. The quantitative estimate of drug-likeness (QED) is 0.731. The lowest BCUT2D eigenvalue weighted by molar-refractivity contribution is 0.0677. The van der Waals surface area contributed by atoms with Crippen LogP contribution in [0.15, 0.2) is 24.3 Å². The molecule has 0 fully saturated rings. The molecule has 0 aromatic heterocycles. The predicted molar refractivity (Wildman–Crippen MR) is 70.1 cm³/mol. The predicted octanol–water partition coefficient (Wildman–Crippen LogP) is 1.98. The number of rotatable bonds is 6. The highest BCUT2D eigenvalue weighted by molar-refractivity contribution is 6.31. The second-order valence-corrected chi connectivity index (χ2v) is 5.16. The minimum atomic E-state index is -0.504. The van der Waals surface area contributed by atoms with E-state index in [2.05, 4.69) is 5.32 Å². The van der Waals surface area contributed by atoms with Crippen molar-refractivity contribution in [1.82, 2.24) is 5.32 Å². The van der Waals surface area contributed by atoms with Gasteiger partial charge in [0, 0.05) is 23.0 Å². The van der Waals surface area contributed by atoms with Crippen molar-refractivity contribution < 1.29 is 10.2 Å². The van der Waals surface area contributed by atoms with Gasteiger partial charge in [-0.05, 0) is 18.6 Å². The average molecular weight is 258 g/mol. The molecule has 1 unspecified atom stereocenters. The van der Waals surface area contributed by atoms with E-state index in [4.69, 9.17) is 11.6 Å². The van der Waals surface area contributed by atoms with Gasteiger partial charge in [-0.15, -0.1) is 0 Å². The average Bonchev–Trinajstić information content (AvgIpc) is 2.36. The highest BCUT2D eigenvalue weighted by Crippen LogP contribution is 2.23. The van der Waals surface area contributed by atoms with Crippen molar-refractivity contribution in [3.63, 3.8) is 0 Å². The van der Waals surface area contributed by atoms with Crippen molar-refractivity contribution in [3.05, 3.63) is 34.9 Å².